The Balaban J connectivity index is 0.724. The predicted octanol–water partition coefficient (Wildman–Crippen LogP) is 24.1. The van der Waals surface area contributed by atoms with Crippen molar-refractivity contribution >= 4 is 171 Å². The molecule has 0 bridgehead atoms. The van der Waals surface area contributed by atoms with E-state index in [-0.39, 0.29) is 0 Å². The van der Waals surface area contributed by atoms with Crippen LogP contribution in [0.2, 0.25) is 0 Å². The lowest BCUT2D eigenvalue weighted by molar-refractivity contribution is 0.893. The monoisotopic (exact) mass is 1250 g/mol. The molecule has 0 aliphatic heterocycles. The second-order valence-electron chi connectivity index (χ2n) is 24.7. The van der Waals surface area contributed by atoms with Gasteiger partial charge in [-0.2, -0.15) is 15.0 Å². The molecule has 0 N–H and O–H groups in total. The molecule has 21 aromatic rings. The van der Waals surface area contributed by atoms with E-state index in [9.17, 15) is 0 Å². The Morgan fingerprint density at radius 2 is 0.511 bits per heavy atom. The summed E-state index contributed by atoms with van der Waals surface area (Å²) in [7, 11) is 0. The fraction of sp³-hybridized carbons (Fsp3) is 0. The van der Waals surface area contributed by atoms with Crippen molar-refractivity contribution in [3.05, 3.63) is 291 Å². The molecule has 94 heavy (non-hydrogen) atoms. The highest BCUT2D eigenvalue weighted by Gasteiger charge is 2.23. The third-order valence-electron chi connectivity index (χ3n) is 19.5. The van der Waals surface area contributed by atoms with Crippen LogP contribution in [-0.2, 0) is 0 Å². The second-order valence-corrected chi connectivity index (χ2v) is 27.9. The second kappa shape index (κ2) is 20.0. The molecule has 0 atom stereocenters. The van der Waals surface area contributed by atoms with E-state index in [1.807, 2.05) is 34.0 Å². The van der Waals surface area contributed by atoms with Crippen molar-refractivity contribution in [3.8, 4) is 62.4 Å². The zero-order chi connectivity index (χ0) is 61.3. The Bertz CT molecular complexity index is 6580. The van der Waals surface area contributed by atoms with Gasteiger partial charge in [-0.25, -0.2) is 0 Å². The Kier molecular flexibility index (Phi) is 11.1. The highest BCUT2D eigenvalue weighted by atomic mass is 32.1. The van der Waals surface area contributed by atoms with Crippen LogP contribution in [-0.4, -0.2) is 28.7 Å². The fourth-order valence-corrected chi connectivity index (χ4v) is 18.3. The van der Waals surface area contributed by atoms with Crippen LogP contribution >= 0.6 is 34.0 Å². The molecule has 21 rings (SSSR count). The molecule has 9 heteroatoms. The van der Waals surface area contributed by atoms with Gasteiger partial charge in [-0.15, -0.1) is 34.0 Å². The van der Waals surface area contributed by atoms with Gasteiger partial charge in [0.2, 0.25) is 11.9 Å². The number of aromatic nitrogens is 6. The predicted molar refractivity (Wildman–Crippen MR) is 401 cm³/mol. The molecule has 6 nitrogen and oxygen atoms in total. The third-order valence-corrected chi connectivity index (χ3v) is 23.0. The van der Waals surface area contributed by atoms with Crippen LogP contribution in [0.25, 0.3) is 199 Å². The summed E-state index contributed by atoms with van der Waals surface area (Å²) >= 11 is 5.55. The van der Waals surface area contributed by atoms with Crippen molar-refractivity contribution in [2.75, 3.05) is 0 Å². The Morgan fingerprint density at radius 3 is 0.947 bits per heavy atom. The molecule has 0 spiro atoms. The molecule has 7 aromatic heterocycles. The first-order valence-corrected chi connectivity index (χ1v) is 34.1. The summed E-state index contributed by atoms with van der Waals surface area (Å²) in [4.78, 5) is 16.7. The average Bonchev–Trinajstić information content (AvgIpc) is 1.58. The van der Waals surface area contributed by atoms with E-state index in [4.69, 9.17) is 15.0 Å². The van der Waals surface area contributed by atoms with Gasteiger partial charge in [0.1, 0.15) is 0 Å². The summed E-state index contributed by atoms with van der Waals surface area (Å²) in [6, 6.07) is 107. The van der Waals surface area contributed by atoms with Gasteiger partial charge in [0, 0.05) is 104 Å². The minimum atomic E-state index is 0.537. The Hall–Kier alpha value is -11.6. The molecule has 0 aliphatic carbocycles. The highest BCUT2D eigenvalue weighted by molar-refractivity contribution is 7.26. The summed E-state index contributed by atoms with van der Waals surface area (Å²) in [6.07, 6.45) is 0. The number of hydrogen-bond donors (Lipinski definition) is 0. The van der Waals surface area contributed by atoms with Crippen LogP contribution in [0.3, 0.4) is 0 Å². The first kappa shape index (κ1) is 52.1. The fourth-order valence-electron chi connectivity index (χ4n) is 15.1. The van der Waals surface area contributed by atoms with Crippen molar-refractivity contribution < 1.29 is 0 Å². The number of fused-ring (bicyclic) bond motifs is 19. The maximum absolute atomic E-state index is 5.62. The maximum atomic E-state index is 5.62. The average molecular weight is 1250 g/mol. The standard InChI is InChI=1S/C85H48N6S3/c1-7-19-71-59(13-1)65-43-51(54-31-38-80-68(46-54)62-16-4-10-22-77(62)92-80)28-35-74(65)89(71)58-34-27-49-41-57(26-25-50(49)42-58)83-86-84(90-72-20-8-2-14-60(72)66-44-52(29-36-75(66)90)55-32-39-81-69(47-55)63-17-5-11-23-78(63)93-81)88-85(87-83)91-73-21-9-3-15-61(73)67-45-53(30-37-76(67)91)56-33-40-82-70(48-56)64-18-6-12-24-79(64)94-82/h1-48H. The molecule has 0 amide bonds. The van der Waals surface area contributed by atoms with E-state index in [1.54, 1.807) is 0 Å². The van der Waals surface area contributed by atoms with Crippen LogP contribution in [0.1, 0.15) is 0 Å². The topological polar surface area (TPSA) is 53.5 Å². The van der Waals surface area contributed by atoms with E-state index >= 15 is 0 Å². The van der Waals surface area contributed by atoms with Crippen LogP contribution in [0.4, 0.5) is 0 Å². The van der Waals surface area contributed by atoms with E-state index in [0.29, 0.717) is 17.7 Å². The number of benzene rings is 14. The van der Waals surface area contributed by atoms with Crippen molar-refractivity contribution in [2.45, 2.75) is 0 Å². The maximum Gasteiger partial charge on any atom is 0.240 e. The van der Waals surface area contributed by atoms with E-state index in [0.717, 1.165) is 82.3 Å². The highest BCUT2D eigenvalue weighted by Crippen LogP contribution is 2.44. The summed E-state index contributed by atoms with van der Waals surface area (Å²) in [5, 5.41) is 16.9. The molecule has 436 valence electrons. The van der Waals surface area contributed by atoms with Gasteiger partial charge < -0.3 is 4.57 Å². The van der Waals surface area contributed by atoms with Gasteiger partial charge >= 0.3 is 0 Å². The van der Waals surface area contributed by atoms with Gasteiger partial charge in [-0.3, -0.25) is 9.13 Å². The molecule has 0 fully saturated rings. The number of rotatable bonds is 7. The lowest BCUT2D eigenvalue weighted by Gasteiger charge is -2.13. The summed E-state index contributed by atoms with van der Waals surface area (Å²) in [6.45, 7) is 0. The van der Waals surface area contributed by atoms with Gasteiger partial charge in [0.15, 0.2) is 5.82 Å². The van der Waals surface area contributed by atoms with Gasteiger partial charge in [-0.05, 0) is 172 Å². The number of thiophene rings is 3. The molecule has 0 aliphatic rings. The molecule has 0 radical (unpaired) electrons. The molecule has 0 unspecified atom stereocenters. The van der Waals surface area contributed by atoms with Crippen LogP contribution in [0.5, 0.6) is 0 Å². The lowest BCUT2D eigenvalue weighted by Crippen LogP contribution is -2.10. The van der Waals surface area contributed by atoms with E-state index in [2.05, 4.69) is 305 Å². The van der Waals surface area contributed by atoms with Crippen LogP contribution in [0.15, 0.2) is 291 Å². The lowest BCUT2D eigenvalue weighted by atomic mass is 10.0. The normalized spacial score (nSPS) is 12.3. The largest absolute Gasteiger partial charge is 0.309 e. The minimum absolute atomic E-state index is 0.537. The first-order valence-electron chi connectivity index (χ1n) is 31.7. The quantitative estimate of drug-likeness (QED) is 0.160. The molecule has 14 aromatic carbocycles. The van der Waals surface area contributed by atoms with Crippen molar-refractivity contribution in [1.82, 2.24) is 28.7 Å². The smallest absolute Gasteiger partial charge is 0.240 e. The molecule has 0 saturated heterocycles. The van der Waals surface area contributed by atoms with Gasteiger partial charge in [0.05, 0.1) is 33.1 Å². The van der Waals surface area contributed by atoms with E-state index in [1.165, 1.54) is 99.1 Å². The summed E-state index contributed by atoms with van der Waals surface area (Å²) in [5.74, 6) is 1.65. The first-order chi connectivity index (χ1) is 46.5. The molecule has 0 saturated carbocycles. The molecule has 7 heterocycles. The zero-order valence-corrected chi connectivity index (χ0v) is 52.6. The van der Waals surface area contributed by atoms with Crippen molar-refractivity contribution in [1.29, 1.82) is 0 Å². The summed E-state index contributed by atoms with van der Waals surface area (Å²) < 4.78 is 14.7. The summed E-state index contributed by atoms with van der Waals surface area (Å²) in [5.41, 5.74) is 15.5. The van der Waals surface area contributed by atoms with Gasteiger partial charge in [-0.1, -0.05) is 164 Å². The minimum Gasteiger partial charge on any atom is -0.309 e. The number of para-hydroxylation sites is 3. The Labute approximate surface area is 549 Å². The number of nitrogens with zero attached hydrogens (tertiary/aromatic N) is 6. The van der Waals surface area contributed by atoms with Crippen molar-refractivity contribution in [3.63, 3.8) is 0 Å². The van der Waals surface area contributed by atoms with Crippen molar-refractivity contribution in [2.24, 2.45) is 0 Å². The molecular weight excluding hydrogens is 1200 g/mol. The van der Waals surface area contributed by atoms with Gasteiger partial charge in [0.25, 0.3) is 0 Å². The third kappa shape index (κ3) is 7.83. The van der Waals surface area contributed by atoms with E-state index < -0.39 is 0 Å². The molecular formula is C85H48N6S3. The number of hydrogen-bond acceptors (Lipinski definition) is 6. The van der Waals surface area contributed by atoms with Crippen LogP contribution < -0.4 is 0 Å². The SMILES string of the molecule is c1ccc2c(c1)sc1ccc(-c3ccc4c(c3)c3ccccc3n4-c3ccc4cc(-c5nc(-n6c7ccccc7c7cc(-c8ccc9sc%10ccccc%10c9c8)ccc76)nc(-n6c7ccccc7c7cc(-c8ccc9sc%10ccccc%10c9c8)ccc76)n5)ccc4c3)cc12. The van der Waals surface area contributed by atoms with Crippen LogP contribution in [0, 0.1) is 0 Å². The zero-order valence-electron chi connectivity index (χ0n) is 50.1. The Morgan fingerprint density at radius 1 is 0.202 bits per heavy atom.